The Hall–Kier alpha value is -1.62. The van der Waals surface area contributed by atoms with E-state index >= 15 is 0 Å². The fourth-order valence-corrected chi connectivity index (χ4v) is 1.23. The fraction of sp³-hybridized carbons (Fsp3) is 0.455. The minimum absolute atomic E-state index is 0.0563. The zero-order valence-corrected chi connectivity index (χ0v) is 9.53. The van der Waals surface area contributed by atoms with Gasteiger partial charge in [-0.25, -0.2) is 4.79 Å². The molecule has 88 valence electrons. The number of pyridine rings is 1. The van der Waals surface area contributed by atoms with Crippen molar-refractivity contribution in [3.05, 3.63) is 24.0 Å². The van der Waals surface area contributed by atoms with Crippen LogP contribution in [0, 0.1) is 6.92 Å². The topological polar surface area (TPSA) is 74.2 Å². The Morgan fingerprint density at radius 3 is 2.94 bits per heavy atom. The van der Waals surface area contributed by atoms with E-state index in [1.807, 2.05) is 13.8 Å². The number of hydrogen-bond donors (Lipinski definition) is 3. The lowest BCUT2D eigenvalue weighted by molar-refractivity contribution is 0.222. The van der Waals surface area contributed by atoms with E-state index in [4.69, 9.17) is 5.11 Å². The van der Waals surface area contributed by atoms with Gasteiger partial charge in [0.25, 0.3) is 0 Å². The number of hydrogen-bond acceptors (Lipinski definition) is 3. The van der Waals surface area contributed by atoms with Crippen LogP contribution in [0.1, 0.15) is 18.9 Å². The summed E-state index contributed by atoms with van der Waals surface area (Å²) >= 11 is 0. The Kier molecular flexibility index (Phi) is 4.72. The first-order valence-electron chi connectivity index (χ1n) is 5.26. The maximum Gasteiger partial charge on any atom is 0.319 e. The molecule has 0 aliphatic heterocycles. The quantitative estimate of drug-likeness (QED) is 0.720. The first-order valence-corrected chi connectivity index (χ1v) is 5.26. The summed E-state index contributed by atoms with van der Waals surface area (Å²) in [6, 6.07) is 1.21. The van der Waals surface area contributed by atoms with E-state index in [1.54, 1.807) is 18.5 Å². The molecule has 0 unspecified atom stereocenters. The van der Waals surface area contributed by atoms with Crippen molar-refractivity contribution in [3.8, 4) is 0 Å². The molecule has 0 fully saturated rings. The molecule has 0 saturated carbocycles. The number of urea groups is 1. The third kappa shape index (κ3) is 3.51. The molecule has 5 heteroatoms. The van der Waals surface area contributed by atoms with Crippen molar-refractivity contribution in [3.63, 3.8) is 0 Å². The summed E-state index contributed by atoms with van der Waals surface area (Å²) in [4.78, 5) is 15.5. The number of aryl methyl sites for hydroxylation is 1. The lowest BCUT2D eigenvalue weighted by Crippen LogP contribution is -2.39. The van der Waals surface area contributed by atoms with Crippen LogP contribution in [-0.2, 0) is 0 Å². The molecule has 1 heterocycles. The van der Waals surface area contributed by atoms with Gasteiger partial charge in [-0.2, -0.15) is 0 Å². The number of rotatable bonds is 4. The number of nitrogens with one attached hydrogen (secondary N) is 2. The van der Waals surface area contributed by atoms with Gasteiger partial charge in [-0.3, -0.25) is 4.98 Å². The summed E-state index contributed by atoms with van der Waals surface area (Å²) in [7, 11) is 0. The lowest BCUT2D eigenvalue weighted by atomic mass is 10.2. The molecular formula is C11H17N3O2. The summed E-state index contributed by atoms with van der Waals surface area (Å²) in [5.41, 5.74) is 1.62. The molecule has 0 bridgehead atoms. The minimum Gasteiger partial charge on any atom is -0.394 e. The van der Waals surface area contributed by atoms with E-state index in [0.29, 0.717) is 6.42 Å². The monoisotopic (exact) mass is 223 g/mol. The Morgan fingerprint density at radius 1 is 1.62 bits per heavy atom. The molecule has 0 aliphatic rings. The van der Waals surface area contributed by atoms with Gasteiger partial charge in [-0.05, 0) is 25.0 Å². The zero-order valence-electron chi connectivity index (χ0n) is 9.53. The molecule has 1 atom stereocenters. The summed E-state index contributed by atoms with van der Waals surface area (Å²) in [6.45, 7) is 3.71. The average Bonchev–Trinajstić information content (AvgIpc) is 2.29. The summed E-state index contributed by atoms with van der Waals surface area (Å²) in [5, 5.41) is 14.3. The molecule has 0 aliphatic carbocycles. The summed E-state index contributed by atoms with van der Waals surface area (Å²) in [6.07, 6.45) is 3.99. The van der Waals surface area contributed by atoms with Crippen LogP contribution in [0.15, 0.2) is 18.5 Å². The number of carbonyl (C=O) groups is 1. The molecule has 2 amide bonds. The molecule has 0 radical (unpaired) electrons. The SMILES string of the molecule is CC[C@H](CO)NC(=O)Nc1ccncc1C. The molecule has 0 aromatic carbocycles. The Labute approximate surface area is 94.9 Å². The van der Waals surface area contributed by atoms with Gasteiger partial charge in [0, 0.05) is 18.1 Å². The second kappa shape index (κ2) is 6.07. The van der Waals surface area contributed by atoms with Gasteiger partial charge in [0.05, 0.1) is 12.6 Å². The molecule has 0 spiro atoms. The zero-order chi connectivity index (χ0) is 12.0. The van der Waals surface area contributed by atoms with Crippen LogP contribution in [0.2, 0.25) is 0 Å². The maximum absolute atomic E-state index is 11.5. The smallest absolute Gasteiger partial charge is 0.319 e. The lowest BCUT2D eigenvalue weighted by Gasteiger charge is -2.15. The largest absolute Gasteiger partial charge is 0.394 e. The van der Waals surface area contributed by atoms with Crippen LogP contribution >= 0.6 is 0 Å². The number of anilines is 1. The molecule has 5 nitrogen and oxygen atoms in total. The van der Waals surface area contributed by atoms with Gasteiger partial charge in [0.2, 0.25) is 0 Å². The van der Waals surface area contributed by atoms with Crippen molar-refractivity contribution < 1.29 is 9.90 Å². The average molecular weight is 223 g/mol. The van der Waals surface area contributed by atoms with E-state index in [2.05, 4.69) is 15.6 Å². The van der Waals surface area contributed by atoms with E-state index in [1.165, 1.54) is 0 Å². The van der Waals surface area contributed by atoms with Crippen molar-refractivity contribution >= 4 is 11.7 Å². The number of aliphatic hydroxyl groups excluding tert-OH is 1. The predicted octanol–water partition coefficient (Wildman–Crippen LogP) is 1.28. The third-order valence-electron chi connectivity index (χ3n) is 2.32. The fourth-order valence-electron chi connectivity index (χ4n) is 1.23. The van der Waals surface area contributed by atoms with E-state index in [-0.39, 0.29) is 18.7 Å². The number of aromatic nitrogens is 1. The molecular weight excluding hydrogens is 206 g/mol. The molecule has 1 aromatic heterocycles. The third-order valence-corrected chi connectivity index (χ3v) is 2.32. The van der Waals surface area contributed by atoms with Crippen LogP contribution in [0.25, 0.3) is 0 Å². The highest BCUT2D eigenvalue weighted by Crippen LogP contribution is 2.11. The molecule has 16 heavy (non-hydrogen) atoms. The first-order chi connectivity index (χ1) is 7.67. The molecule has 1 aromatic rings. The molecule has 3 N–H and O–H groups in total. The number of nitrogens with zero attached hydrogens (tertiary/aromatic N) is 1. The van der Waals surface area contributed by atoms with Gasteiger partial charge in [0.15, 0.2) is 0 Å². The normalized spacial score (nSPS) is 11.9. The Balaban J connectivity index is 2.55. The van der Waals surface area contributed by atoms with Gasteiger partial charge in [-0.1, -0.05) is 6.92 Å². The van der Waals surface area contributed by atoms with E-state index in [0.717, 1.165) is 11.3 Å². The number of aliphatic hydroxyl groups is 1. The number of carbonyl (C=O) groups excluding carboxylic acids is 1. The minimum atomic E-state index is -0.310. The van der Waals surface area contributed by atoms with Crippen molar-refractivity contribution in [1.29, 1.82) is 0 Å². The van der Waals surface area contributed by atoms with Gasteiger partial charge in [0.1, 0.15) is 0 Å². The van der Waals surface area contributed by atoms with Crippen molar-refractivity contribution in [1.82, 2.24) is 10.3 Å². The van der Waals surface area contributed by atoms with Crippen LogP contribution in [0.3, 0.4) is 0 Å². The Morgan fingerprint density at radius 2 is 2.38 bits per heavy atom. The van der Waals surface area contributed by atoms with Crippen molar-refractivity contribution in [2.24, 2.45) is 0 Å². The van der Waals surface area contributed by atoms with Gasteiger partial charge < -0.3 is 15.7 Å². The van der Waals surface area contributed by atoms with Crippen LogP contribution in [0.4, 0.5) is 10.5 Å². The highest BCUT2D eigenvalue weighted by molar-refractivity contribution is 5.90. The molecule has 1 rings (SSSR count). The number of amides is 2. The first kappa shape index (κ1) is 12.4. The standard InChI is InChI=1S/C11H17N3O2/c1-3-9(7-15)13-11(16)14-10-4-5-12-6-8(10)2/h4-6,9,15H,3,7H2,1-2H3,(H2,12,13,14,16)/t9-/m1/s1. The van der Waals surface area contributed by atoms with Crippen LogP contribution < -0.4 is 10.6 Å². The second-order valence-corrected chi connectivity index (χ2v) is 3.58. The van der Waals surface area contributed by atoms with Crippen molar-refractivity contribution in [2.75, 3.05) is 11.9 Å². The van der Waals surface area contributed by atoms with Gasteiger partial charge in [-0.15, -0.1) is 0 Å². The Bertz CT molecular complexity index is 351. The van der Waals surface area contributed by atoms with Crippen LogP contribution in [-0.4, -0.2) is 28.8 Å². The highest BCUT2D eigenvalue weighted by atomic mass is 16.3. The van der Waals surface area contributed by atoms with E-state index < -0.39 is 0 Å². The summed E-state index contributed by atoms with van der Waals surface area (Å²) in [5.74, 6) is 0. The van der Waals surface area contributed by atoms with E-state index in [9.17, 15) is 4.79 Å². The van der Waals surface area contributed by atoms with Crippen molar-refractivity contribution in [2.45, 2.75) is 26.3 Å². The maximum atomic E-state index is 11.5. The molecule has 0 saturated heterocycles. The predicted molar refractivity (Wildman–Crippen MR) is 62.3 cm³/mol. The second-order valence-electron chi connectivity index (χ2n) is 3.58. The summed E-state index contributed by atoms with van der Waals surface area (Å²) < 4.78 is 0. The highest BCUT2D eigenvalue weighted by Gasteiger charge is 2.09. The van der Waals surface area contributed by atoms with Crippen LogP contribution in [0.5, 0.6) is 0 Å². The van der Waals surface area contributed by atoms with Gasteiger partial charge >= 0.3 is 6.03 Å².